The molecule has 0 aromatic carbocycles. The lowest BCUT2D eigenvalue weighted by molar-refractivity contribution is 0.0250. The molecule has 0 radical (unpaired) electrons. The van der Waals surface area contributed by atoms with Gasteiger partial charge in [-0.25, -0.2) is 0 Å². The highest BCUT2D eigenvalue weighted by molar-refractivity contribution is 6.60. The molecule has 6 heteroatoms. The second kappa shape index (κ2) is 9.88. The molecule has 0 heterocycles. The van der Waals surface area contributed by atoms with Gasteiger partial charge in [0.15, 0.2) is 0 Å². The zero-order valence-electron chi connectivity index (χ0n) is 12.3. The summed E-state index contributed by atoms with van der Waals surface area (Å²) in [4.78, 5) is 0. The third-order valence-electron chi connectivity index (χ3n) is 2.76. The lowest BCUT2D eigenvalue weighted by Gasteiger charge is -2.24. The highest BCUT2D eigenvalue weighted by Gasteiger charge is 2.36. The molecule has 1 N–H and O–H groups in total. The lowest BCUT2D eigenvalue weighted by atomic mass is 10.1. The quantitative estimate of drug-likeness (QED) is 0.461. The second-order valence-electron chi connectivity index (χ2n) is 4.76. The smallest absolute Gasteiger partial charge is 0.391 e. The maximum absolute atomic E-state index is 9.63. The van der Waals surface area contributed by atoms with Crippen molar-refractivity contribution in [3.63, 3.8) is 0 Å². The van der Waals surface area contributed by atoms with Crippen molar-refractivity contribution in [3.05, 3.63) is 0 Å². The minimum atomic E-state index is -2.46. The Balaban J connectivity index is 3.66. The first-order valence-corrected chi connectivity index (χ1v) is 8.34. The van der Waals surface area contributed by atoms with E-state index in [0.29, 0.717) is 19.1 Å². The van der Waals surface area contributed by atoms with E-state index >= 15 is 0 Å². The van der Waals surface area contributed by atoms with Crippen molar-refractivity contribution < 1.29 is 23.1 Å². The fraction of sp³-hybridized carbons (Fsp3) is 1.00. The maximum Gasteiger partial charge on any atom is 0.500 e. The summed E-state index contributed by atoms with van der Waals surface area (Å²) in [6, 6.07) is 0.719. The van der Waals surface area contributed by atoms with Gasteiger partial charge in [-0.1, -0.05) is 13.8 Å². The fourth-order valence-corrected chi connectivity index (χ4v) is 3.47. The minimum absolute atomic E-state index is 0.376. The van der Waals surface area contributed by atoms with Crippen LogP contribution in [0.1, 0.15) is 26.7 Å². The van der Waals surface area contributed by atoms with E-state index in [4.69, 9.17) is 18.0 Å². The summed E-state index contributed by atoms with van der Waals surface area (Å²) < 4.78 is 21.3. The number of hydrogen-bond acceptors (Lipinski definition) is 5. The molecular weight excluding hydrogens is 252 g/mol. The van der Waals surface area contributed by atoms with Crippen molar-refractivity contribution in [2.45, 2.75) is 38.8 Å². The van der Waals surface area contributed by atoms with E-state index in [2.05, 4.69) is 13.8 Å². The summed E-state index contributed by atoms with van der Waals surface area (Å²) in [7, 11) is 2.35. The Morgan fingerprint density at radius 3 is 2.06 bits per heavy atom. The van der Waals surface area contributed by atoms with Crippen LogP contribution in [0.15, 0.2) is 0 Å². The molecule has 0 bridgehead atoms. The van der Waals surface area contributed by atoms with Gasteiger partial charge >= 0.3 is 8.80 Å². The van der Waals surface area contributed by atoms with Gasteiger partial charge in [0.05, 0.1) is 12.7 Å². The number of aliphatic hydroxyl groups is 1. The molecule has 18 heavy (non-hydrogen) atoms. The van der Waals surface area contributed by atoms with Gasteiger partial charge in [-0.05, 0) is 18.8 Å². The molecule has 0 saturated heterocycles. The molecule has 0 fully saturated rings. The molecule has 0 aliphatic rings. The van der Waals surface area contributed by atoms with Gasteiger partial charge < -0.3 is 23.1 Å². The first kappa shape index (κ1) is 18.0. The molecular formula is C12H28O5Si. The van der Waals surface area contributed by atoms with Crippen LogP contribution in [0.2, 0.25) is 6.04 Å². The van der Waals surface area contributed by atoms with E-state index in [1.807, 2.05) is 0 Å². The first-order chi connectivity index (χ1) is 8.49. The first-order valence-electron chi connectivity index (χ1n) is 6.41. The highest BCUT2D eigenvalue weighted by Crippen LogP contribution is 2.15. The number of hydrogen-bond donors (Lipinski definition) is 1. The van der Waals surface area contributed by atoms with Crippen LogP contribution < -0.4 is 0 Å². The van der Waals surface area contributed by atoms with Gasteiger partial charge in [-0.3, -0.25) is 0 Å². The van der Waals surface area contributed by atoms with Gasteiger partial charge in [0, 0.05) is 34.0 Å². The molecule has 0 saturated carbocycles. The Hall–Kier alpha value is 0.0169. The Labute approximate surface area is 112 Å². The molecule has 0 aliphatic heterocycles. The Morgan fingerprint density at radius 1 is 1.06 bits per heavy atom. The molecule has 1 atom stereocenters. The standard InChI is InChI=1S/C12H28O5Si/c1-11(2)9-12(13)10-17-7-6-8-18(14-3,15-4)16-5/h11-13H,6-10H2,1-5H3. The fourth-order valence-electron chi connectivity index (χ4n) is 1.78. The predicted molar refractivity (Wildman–Crippen MR) is 72.5 cm³/mol. The molecule has 0 spiro atoms. The van der Waals surface area contributed by atoms with Crippen LogP contribution in [0.3, 0.4) is 0 Å². The van der Waals surface area contributed by atoms with Gasteiger partial charge in [0.25, 0.3) is 0 Å². The molecule has 5 nitrogen and oxygen atoms in total. The van der Waals surface area contributed by atoms with Crippen LogP contribution in [-0.4, -0.2) is 54.6 Å². The summed E-state index contributed by atoms with van der Waals surface area (Å²) in [6.07, 6.45) is 1.20. The summed E-state index contributed by atoms with van der Waals surface area (Å²) in [5.41, 5.74) is 0. The molecule has 0 rings (SSSR count). The van der Waals surface area contributed by atoms with E-state index in [0.717, 1.165) is 18.9 Å². The SMILES string of the molecule is CO[Si](CCCOCC(O)CC(C)C)(OC)OC. The monoisotopic (exact) mass is 280 g/mol. The summed E-state index contributed by atoms with van der Waals surface area (Å²) in [6.45, 7) is 5.14. The summed E-state index contributed by atoms with van der Waals surface area (Å²) in [5.74, 6) is 0.485. The van der Waals surface area contributed by atoms with E-state index in [1.54, 1.807) is 21.3 Å². The van der Waals surface area contributed by atoms with Gasteiger partial charge in [0.1, 0.15) is 0 Å². The van der Waals surface area contributed by atoms with Crippen molar-refractivity contribution >= 4 is 8.80 Å². The summed E-state index contributed by atoms with van der Waals surface area (Å²) >= 11 is 0. The van der Waals surface area contributed by atoms with Crippen molar-refractivity contribution in [3.8, 4) is 0 Å². The van der Waals surface area contributed by atoms with E-state index < -0.39 is 8.80 Å². The van der Waals surface area contributed by atoms with Crippen LogP contribution in [0, 0.1) is 5.92 Å². The maximum atomic E-state index is 9.63. The van der Waals surface area contributed by atoms with E-state index in [-0.39, 0.29) is 6.10 Å². The topological polar surface area (TPSA) is 57.2 Å². The molecule has 110 valence electrons. The Bertz CT molecular complexity index is 189. The molecule has 0 aromatic rings. The normalized spacial score (nSPS) is 14.2. The van der Waals surface area contributed by atoms with Crippen LogP contribution in [0.4, 0.5) is 0 Å². The van der Waals surface area contributed by atoms with Crippen molar-refractivity contribution in [1.82, 2.24) is 0 Å². The molecule has 1 unspecified atom stereocenters. The third-order valence-corrected chi connectivity index (χ3v) is 5.59. The zero-order chi connectivity index (χ0) is 14.0. The predicted octanol–water partition coefficient (Wildman–Crippen LogP) is 1.68. The number of aliphatic hydroxyl groups excluding tert-OH is 1. The van der Waals surface area contributed by atoms with Crippen molar-refractivity contribution in [2.24, 2.45) is 5.92 Å². The van der Waals surface area contributed by atoms with E-state index in [1.165, 1.54) is 0 Å². The molecule has 0 aliphatic carbocycles. The van der Waals surface area contributed by atoms with Gasteiger partial charge in [-0.2, -0.15) is 0 Å². The lowest BCUT2D eigenvalue weighted by Crippen LogP contribution is -2.42. The average molecular weight is 280 g/mol. The van der Waals surface area contributed by atoms with Crippen molar-refractivity contribution in [2.75, 3.05) is 34.5 Å². The van der Waals surface area contributed by atoms with Crippen LogP contribution >= 0.6 is 0 Å². The largest absolute Gasteiger partial charge is 0.500 e. The van der Waals surface area contributed by atoms with Crippen LogP contribution in [0.5, 0.6) is 0 Å². The summed E-state index contributed by atoms with van der Waals surface area (Å²) in [5, 5.41) is 9.63. The Morgan fingerprint density at radius 2 is 1.61 bits per heavy atom. The third kappa shape index (κ3) is 7.45. The number of rotatable bonds is 11. The van der Waals surface area contributed by atoms with E-state index in [9.17, 15) is 5.11 Å². The highest BCUT2D eigenvalue weighted by atomic mass is 28.4. The second-order valence-corrected chi connectivity index (χ2v) is 7.85. The van der Waals surface area contributed by atoms with Crippen molar-refractivity contribution in [1.29, 1.82) is 0 Å². The number of ether oxygens (including phenoxy) is 1. The zero-order valence-corrected chi connectivity index (χ0v) is 13.3. The average Bonchev–Trinajstić information content (AvgIpc) is 2.33. The molecule has 0 amide bonds. The van der Waals surface area contributed by atoms with Gasteiger partial charge in [0.2, 0.25) is 0 Å². The molecule has 0 aromatic heterocycles. The van der Waals surface area contributed by atoms with Gasteiger partial charge in [-0.15, -0.1) is 0 Å². The minimum Gasteiger partial charge on any atom is -0.391 e. The Kier molecular flexibility index (Phi) is 9.89. The van der Waals surface area contributed by atoms with Crippen LogP contribution in [0.25, 0.3) is 0 Å². The van der Waals surface area contributed by atoms with Crippen LogP contribution in [-0.2, 0) is 18.0 Å².